The number of nitrogens with zero attached hydrogens (tertiary/aromatic N) is 3. The minimum Gasteiger partial charge on any atom is -0.492 e. The molecule has 11 heteroatoms. The molecule has 180 valence electrons. The molecule has 0 unspecified atom stereocenters. The number of carbonyl (C=O) groups is 1. The van der Waals surface area contributed by atoms with E-state index in [9.17, 15) is 13.2 Å². The first-order valence-corrected chi connectivity index (χ1v) is 12.7. The van der Waals surface area contributed by atoms with Gasteiger partial charge in [0.1, 0.15) is 10.6 Å². The lowest BCUT2D eigenvalue weighted by Gasteiger charge is -2.31. The fourth-order valence-corrected chi connectivity index (χ4v) is 5.88. The average Bonchev–Trinajstić information content (AvgIpc) is 3.27. The molecule has 0 saturated carbocycles. The third-order valence-electron chi connectivity index (χ3n) is 5.53. The summed E-state index contributed by atoms with van der Waals surface area (Å²) in [7, 11) is -3.96. The molecule has 9 nitrogen and oxygen atoms in total. The lowest BCUT2D eigenvalue weighted by atomic mass is 9.98. The standard InChI is InChI=1S/C23H25ClN4O5S/c1-3-32-20-9-5-4-8-19(20)26-23(29)17-7-6-12-28(14-17)34(30,31)21-13-16(10-11-18(21)24)22-25-15(2)33-27-22/h4-5,8-11,13,17H,3,6-7,12,14H2,1-2H3,(H,26,29)/t17-/m1/s1. The van der Waals surface area contributed by atoms with Gasteiger partial charge in [-0.3, -0.25) is 4.79 Å². The van der Waals surface area contributed by atoms with E-state index in [0.29, 0.717) is 48.9 Å². The number of amides is 1. The van der Waals surface area contributed by atoms with Crippen molar-refractivity contribution in [1.82, 2.24) is 14.4 Å². The normalized spacial score (nSPS) is 16.9. The van der Waals surface area contributed by atoms with Crippen molar-refractivity contribution in [1.29, 1.82) is 0 Å². The molecule has 1 atom stereocenters. The van der Waals surface area contributed by atoms with Crippen molar-refractivity contribution in [2.45, 2.75) is 31.6 Å². The van der Waals surface area contributed by atoms with Crippen molar-refractivity contribution in [3.8, 4) is 17.1 Å². The van der Waals surface area contributed by atoms with Gasteiger partial charge < -0.3 is 14.6 Å². The van der Waals surface area contributed by atoms with E-state index in [1.807, 2.05) is 13.0 Å². The molecule has 0 spiro atoms. The number of piperidine rings is 1. The quantitative estimate of drug-likeness (QED) is 0.514. The highest BCUT2D eigenvalue weighted by atomic mass is 35.5. The van der Waals surface area contributed by atoms with Crippen LogP contribution in [0.15, 0.2) is 51.9 Å². The number of hydrogen-bond acceptors (Lipinski definition) is 7. The summed E-state index contributed by atoms with van der Waals surface area (Å²) in [5.74, 6) is 0.438. The Hall–Kier alpha value is -2.95. The molecule has 1 aliphatic heterocycles. The fraction of sp³-hybridized carbons (Fsp3) is 0.348. The molecule has 0 bridgehead atoms. The Morgan fingerprint density at radius 3 is 2.82 bits per heavy atom. The summed E-state index contributed by atoms with van der Waals surface area (Å²) < 4.78 is 38.8. The molecular formula is C23H25ClN4O5S. The topological polar surface area (TPSA) is 115 Å². The third kappa shape index (κ3) is 5.08. The Labute approximate surface area is 203 Å². The maximum atomic E-state index is 13.5. The van der Waals surface area contributed by atoms with E-state index in [1.54, 1.807) is 31.2 Å². The Morgan fingerprint density at radius 2 is 2.09 bits per heavy atom. The van der Waals surface area contributed by atoms with Crippen molar-refractivity contribution in [3.63, 3.8) is 0 Å². The van der Waals surface area contributed by atoms with Gasteiger partial charge in [-0.15, -0.1) is 0 Å². The Balaban J connectivity index is 1.54. The van der Waals surface area contributed by atoms with Crippen LogP contribution in [0.1, 0.15) is 25.7 Å². The second-order valence-electron chi connectivity index (χ2n) is 7.90. The molecule has 2 heterocycles. The molecule has 1 saturated heterocycles. The number of ether oxygens (including phenoxy) is 1. The van der Waals surface area contributed by atoms with Gasteiger partial charge in [-0.05, 0) is 50.1 Å². The zero-order chi connectivity index (χ0) is 24.3. The minimum absolute atomic E-state index is 0.0485. The smallest absolute Gasteiger partial charge is 0.244 e. The van der Waals surface area contributed by atoms with Crippen LogP contribution in [0.2, 0.25) is 5.02 Å². The number of carbonyl (C=O) groups excluding carboxylic acids is 1. The van der Waals surface area contributed by atoms with Gasteiger partial charge in [0.05, 0.1) is 23.2 Å². The van der Waals surface area contributed by atoms with Crippen LogP contribution >= 0.6 is 11.6 Å². The summed E-state index contributed by atoms with van der Waals surface area (Å²) in [6.45, 7) is 4.32. The molecular weight excluding hydrogens is 480 g/mol. The molecule has 0 radical (unpaired) electrons. The van der Waals surface area contributed by atoms with Crippen molar-refractivity contribution in [2.75, 3.05) is 25.0 Å². The highest BCUT2D eigenvalue weighted by Crippen LogP contribution is 2.32. The van der Waals surface area contributed by atoms with Crippen LogP contribution in [0, 0.1) is 12.8 Å². The molecule has 3 aromatic rings. The SMILES string of the molecule is CCOc1ccccc1NC(=O)[C@@H]1CCCN(S(=O)(=O)c2cc(-c3noc(C)n3)ccc2Cl)C1. The van der Waals surface area contributed by atoms with Crippen LogP contribution in [0.5, 0.6) is 5.75 Å². The van der Waals surface area contributed by atoms with E-state index < -0.39 is 15.9 Å². The van der Waals surface area contributed by atoms with E-state index in [0.717, 1.165) is 0 Å². The van der Waals surface area contributed by atoms with Crippen LogP contribution in [-0.2, 0) is 14.8 Å². The van der Waals surface area contributed by atoms with Gasteiger partial charge in [-0.1, -0.05) is 28.9 Å². The van der Waals surface area contributed by atoms with Crippen molar-refractivity contribution >= 4 is 33.2 Å². The largest absolute Gasteiger partial charge is 0.492 e. The van der Waals surface area contributed by atoms with Gasteiger partial charge in [0.2, 0.25) is 27.6 Å². The summed E-state index contributed by atoms with van der Waals surface area (Å²) in [6, 6.07) is 11.7. The second-order valence-corrected chi connectivity index (χ2v) is 10.2. The summed E-state index contributed by atoms with van der Waals surface area (Å²) >= 11 is 6.28. The Kier molecular flexibility index (Phi) is 7.20. The monoisotopic (exact) mass is 504 g/mol. The molecule has 4 rings (SSSR count). The zero-order valence-corrected chi connectivity index (χ0v) is 20.4. The molecule has 34 heavy (non-hydrogen) atoms. The number of benzene rings is 2. The minimum atomic E-state index is -3.96. The van der Waals surface area contributed by atoms with E-state index in [2.05, 4.69) is 15.5 Å². The number of nitrogens with one attached hydrogen (secondary N) is 1. The second kappa shape index (κ2) is 10.1. The number of anilines is 1. The number of para-hydroxylation sites is 2. The first-order chi connectivity index (χ1) is 16.3. The number of hydrogen-bond donors (Lipinski definition) is 1. The first kappa shape index (κ1) is 24.2. The Morgan fingerprint density at radius 1 is 1.29 bits per heavy atom. The molecule has 1 aromatic heterocycles. The molecule has 2 aromatic carbocycles. The van der Waals surface area contributed by atoms with E-state index in [1.165, 1.54) is 16.4 Å². The van der Waals surface area contributed by atoms with Gasteiger partial charge in [-0.25, -0.2) is 8.42 Å². The van der Waals surface area contributed by atoms with Crippen LogP contribution in [-0.4, -0.2) is 48.5 Å². The maximum absolute atomic E-state index is 13.5. The number of halogens is 1. The number of sulfonamides is 1. The summed E-state index contributed by atoms with van der Waals surface area (Å²) in [6.07, 6.45) is 1.12. The molecule has 1 amide bonds. The van der Waals surface area contributed by atoms with Crippen LogP contribution in [0.25, 0.3) is 11.4 Å². The number of aromatic nitrogens is 2. The van der Waals surface area contributed by atoms with Crippen LogP contribution in [0.4, 0.5) is 5.69 Å². The van der Waals surface area contributed by atoms with E-state index >= 15 is 0 Å². The summed E-state index contributed by atoms with van der Waals surface area (Å²) in [4.78, 5) is 17.1. The predicted molar refractivity (Wildman–Crippen MR) is 127 cm³/mol. The molecule has 1 fully saturated rings. The van der Waals surface area contributed by atoms with Crippen LogP contribution in [0.3, 0.4) is 0 Å². The Bertz CT molecular complexity index is 1290. The van der Waals surface area contributed by atoms with Crippen molar-refractivity contribution in [3.05, 3.63) is 53.4 Å². The molecule has 0 aliphatic carbocycles. The summed E-state index contributed by atoms with van der Waals surface area (Å²) in [5, 5.41) is 6.81. The molecule has 1 aliphatic rings. The van der Waals surface area contributed by atoms with Gasteiger partial charge in [0, 0.05) is 25.6 Å². The van der Waals surface area contributed by atoms with Crippen molar-refractivity contribution < 1.29 is 22.5 Å². The first-order valence-electron chi connectivity index (χ1n) is 10.9. The lowest BCUT2D eigenvalue weighted by Crippen LogP contribution is -2.43. The number of aryl methyl sites for hydroxylation is 1. The molecule has 1 N–H and O–H groups in total. The predicted octanol–water partition coefficient (Wildman–Crippen LogP) is 4.14. The average molecular weight is 505 g/mol. The fourth-order valence-electron chi connectivity index (χ4n) is 3.86. The number of rotatable bonds is 7. The summed E-state index contributed by atoms with van der Waals surface area (Å²) in [5.41, 5.74) is 1.03. The zero-order valence-electron chi connectivity index (χ0n) is 18.8. The lowest BCUT2D eigenvalue weighted by molar-refractivity contribution is -0.120. The van der Waals surface area contributed by atoms with E-state index in [4.69, 9.17) is 20.9 Å². The highest BCUT2D eigenvalue weighted by Gasteiger charge is 2.35. The van der Waals surface area contributed by atoms with Crippen LogP contribution < -0.4 is 10.1 Å². The maximum Gasteiger partial charge on any atom is 0.244 e. The van der Waals surface area contributed by atoms with Gasteiger partial charge in [0.25, 0.3) is 0 Å². The van der Waals surface area contributed by atoms with Crippen molar-refractivity contribution in [2.24, 2.45) is 5.92 Å². The van der Waals surface area contributed by atoms with Gasteiger partial charge >= 0.3 is 0 Å². The third-order valence-corrected chi connectivity index (χ3v) is 7.88. The van der Waals surface area contributed by atoms with E-state index in [-0.39, 0.29) is 28.2 Å². The van der Waals surface area contributed by atoms with Gasteiger partial charge in [0.15, 0.2) is 0 Å². The van der Waals surface area contributed by atoms with Gasteiger partial charge in [-0.2, -0.15) is 9.29 Å². The highest BCUT2D eigenvalue weighted by molar-refractivity contribution is 7.89.